The number of hydrogen-bond donors (Lipinski definition) is 1. The van der Waals surface area contributed by atoms with E-state index in [1.165, 1.54) is 0 Å². The van der Waals surface area contributed by atoms with Crippen LogP contribution in [0.15, 0.2) is 54.6 Å². The van der Waals surface area contributed by atoms with E-state index < -0.39 is 5.41 Å². The van der Waals surface area contributed by atoms with Crippen molar-refractivity contribution in [1.29, 1.82) is 0 Å². The van der Waals surface area contributed by atoms with E-state index in [0.29, 0.717) is 31.0 Å². The van der Waals surface area contributed by atoms with Crippen LogP contribution in [0.2, 0.25) is 0 Å². The number of carbonyl (C=O) groups excluding carboxylic acids is 2. The highest BCUT2D eigenvalue weighted by atomic mass is 16.5. The van der Waals surface area contributed by atoms with Gasteiger partial charge in [-0.25, -0.2) is 0 Å². The number of benzene rings is 2. The van der Waals surface area contributed by atoms with Gasteiger partial charge in [0, 0.05) is 24.9 Å². The molecule has 1 fully saturated rings. The maximum absolute atomic E-state index is 13.1. The van der Waals surface area contributed by atoms with Gasteiger partial charge in [-0.3, -0.25) is 9.59 Å². The van der Waals surface area contributed by atoms with Gasteiger partial charge in [0.2, 0.25) is 5.91 Å². The molecule has 6 heteroatoms. The molecule has 2 aromatic rings. The van der Waals surface area contributed by atoms with E-state index in [4.69, 9.17) is 15.2 Å². The van der Waals surface area contributed by atoms with Crippen molar-refractivity contribution >= 4 is 11.8 Å². The summed E-state index contributed by atoms with van der Waals surface area (Å²) in [7, 11) is 1.55. The van der Waals surface area contributed by atoms with Crippen LogP contribution in [-0.2, 0) is 4.79 Å². The monoisotopic (exact) mass is 382 g/mol. The summed E-state index contributed by atoms with van der Waals surface area (Å²) in [6.45, 7) is 1.37. The fourth-order valence-electron chi connectivity index (χ4n) is 3.81. The van der Waals surface area contributed by atoms with Gasteiger partial charge in [-0.15, -0.1) is 0 Å². The van der Waals surface area contributed by atoms with E-state index in [1.807, 2.05) is 42.5 Å². The second kappa shape index (κ2) is 8.78. The average Bonchev–Trinajstić information content (AvgIpc) is 2.72. The lowest BCUT2D eigenvalue weighted by atomic mass is 9.77. The van der Waals surface area contributed by atoms with Crippen LogP contribution in [0.1, 0.15) is 29.6 Å². The SMILES string of the molecule is COc1ccccc1C(=O)N1CCC[C@](COc2ccccc2)(CC(N)=O)C1. The van der Waals surface area contributed by atoms with Gasteiger partial charge in [-0.1, -0.05) is 30.3 Å². The quantitative estimate of drug-likeness (QED) is 0.798. The van der Waals surface area contributed by atoms with E-state index >= 15 is 0 Å². The van der Waals surface area contributed by atoms with Gasteiger partial charge in [0.05, 0.1) is 19.3 Å². The number of hydrogen-bond acceptors (Lipinski definition) is 4. The Morgan fingerprint density at radius 2 is 1.82 bits per heavy atom. The summed E-state index contributed by atoms with van der Waals surface area (Å²) >= 11 is 0. The first-order valence-corrected chi connectivity index (χ1v) is 9.41. The van der Waals surface area contributed by atoms with Gasteiger partial charge in [0.1, 0.15) is 11.5 Å². The number of ether oxygens (including phenoxy) is 2. The van der Waals surface area contributed by atoms with Gasteiger partial charge >= 0.3 is 0 Å². The van der Waals surface area contributed by atoms with E-state index in [1.54, 1.807) is 24.1 Å². The Morgan fingerprint density at radius 3 is 2.54 bits per heavy atom. The third-order valence-corrected chi connectivity index (χ3v) is 5.12. The molecular weight excluding hydrogens is 356 g/mol. The number of para-hydroxylation sites is 2. The molecule has 2 aromatic carbocycles. The largest absolute Gasteiger partial charge is 0.496 e. The van der Waals surface area contributed by atoms with E-state index in [2.05, 4.69) is 0 Å². The van der Waals surface area contributed by atoms with Crippen molar-refractivity contribution in [2.24, 2.45) is 11.1 Å². The van der Waals surface area contributed by atoms with Crippen molar-refractivity contribution < 1.29 is 19.1 Å². The second-order valence-corrected chi connectivity index (χ2v) is 7.28. The van der Waals surface area contributed by atoms with Crippen LogP contribution in [0.25, 0.3) is 0 Å². The van der Waals surface area contributed by atoms with Crippen molar-refractivity contribution in [1.82, 2.24) is 4.90 Å². The highest BCUT2D eigenvalue weighted by Gasteiger charge is 2.40. The molecule has 2 N–H and O–H groups in total. The Balaban J connectivity index is 1.79. The van der Waals surface area contributed by atoms with Crippen LogP contribution in [0.5, 0.6) is 11.5 Å². The van der Waals surface area contributed by atoms with Crippen LogP contribution >= 0.6 is 0 Å². The number of nitrogens with two attached hydrogens (primary N) is 1. The normalized spacial score (nSPS) is 19.1. The predicted molar refractivity (Wildman–Crippen MR) is 106 cm³/mol. The molecule has 1 heterocycles. The molecule has 1 aliphatic heterocycles. The van der Waals surface area contributed by atoms with Gasteiger partial charge in [0.15, 0.2) is 0 Å². The summed E-state index contributed by atoms with van der Waals surface area (Å²) in [5, 5.41) is 0. The number of primary amides is 1. The molecule has 3 rings (SSSR count). The highest BCUT2D eigenvalue weighted by molar-refractivity contribution is 5.97. The van der Waals surface area contributed by atoms with Crippen molar-refractivity contribution in [3.8, 4) is 11.5 Å². The molecule has 0 aromatic heterocycles. The number of rotatable bonds is 7. The highest BCUT2D eigenvalue weighted by Crippen LogP contribution is 2.35. The minimum Gasteiger partial charge on any atom is -0.496 e. The second-order valence-electron chi connectivity index (χ2n) is 7.28. The van der Waals surface area contributed by atoms with Crippen molar-refractivity contribution in [3.63, 3.8) is 0 Å². The minimum absolute atomic E-state index is 0.106. The number of methoxy groups -OCH3 is 1. The number of carbonyl (C=O) groups is 2. The third kappa shape index (κ3) is 4.63. The van der Waals surface area contributed by atoms with Crippen LogP contribution in [0.4, 0.5) is 0 Å². The Labute approximate surface area is 165 Å². The van der Waals surface area contributed by atoms with Gasteiger partial charge in [-0.05, 0) is 37.1 Å². The fourth-order valence-corrected chi connectivity index (χ4v) is 3.81. The van der Waals surface area contributed by atoms with Crippen molar-refractivity contribution in [3.05, 3.63) is 60.2 Å². The molecule has 148 valence electrons. The summed E-state index contributed by atoms with van der Waals surface area (Å²) in [4.78, 5) is 26.7. The maximum Gasteiger partial charge on any atom is 0.257 e. The lowest BCUT2D eigenvalue weighted by Gasteiger charge is -2.42. The van der Waals surface area contributed by atoms with Crippen LogP contribution in [0, 0.1) is 5.41 Å². The maximum atomic E-state index is 13.1. The predicted octanol–water partition coefficient (Wildman–Crippen LogP) is 2.87. The molecule has 0 spiro atoms. The van der Waals surface area contributed by atoms with Crippen LogP contribution in [0.3, 0.4) is 0 Å². The standard InChI is InChI=1S/C22H26N2O4/c1-27-19-11-6-5-10-18(19)21(26)24-13-7-12-22(15-24,14-20(23)25)16-28-17-8-3-2-4-9-17/h2-6,8-11H,7,12-16H2,1H3,(H2,23,25)/t22-/m0/s1. The van der Waals surface area contributed by atoms with Crippen LogP contribution in [-0.4, -0.2) is 43.5 Å². The zero-order valence-corrected chi connectivity index (χ0v) is 16.1. The number of amides is 2. The molecule has 1 saturated heterocycles. The van der Waals surface area contributed by atoms with Crippen molar-refractivity contribution in [2.75, 3.05) is 26.8 Å². The topological polar surface area (TPSA) is 81.9 Å². The molecule has 6 nitrogen and oxygen atoms in total. The van der Waals surface area contributed by atoms with Gasteiger partial charge < -0.3 is 20.1 Å². The molecule has 28 heavy (non-hydrogen) atoms. The van der Waals surface area contributed by atoms with E-state index in [9.17, 15) is 9.59 Å². The van der Waals surface area contributed by atoms with Crippen LogP contribution < -0.4 is 15.2 Å². The van der Waals surface area contributed by atoms with E-state index in [0.717, 1.165) is 18.6 Å². The molecule has 0 aliphatic carbocycles. The molecule has 0 saturated carbocycles. The van der Waals surface area contributed by atoms with E-state index in [-0.39, 0.29) is 18.2 Å². The first-order valence-electron chi connectivity index (χ1n) is 9.41. The number of nitrogens with zero attached hydrogens (tertiary/aromatic N) is 1. The molecule has 0 bridgehead atoms. The fraction of sp³-hybridized carbons (Fsp3) is 0.364. The van der Waals surface area contributed by atoms with Gasteiger partial charge in [-0.2, -0.15) is 0 Å². The molecular formula is C22H26N2O4. The van der Waals surface area contributed by atoms with Crippen molar-refractivity contribution in [2.45, 2.75) is 19.3 Å². The summed E-state index contributed by atoms with van der Waals surface area (Å²) < 4.78 is 11.3. The molecule has 0 unspecified atom stereocenters. The average molecular weight is 382 g/mol. The smallest absolute Gasteiger partial charge is 0.257 e. The Bertz CT molecular complexity index is 824. The Morgan fingerprint density at radius 1 is 1.11 bits per heavy atom. The summed E-state index contributed by atoms with van der Waals surface area (Å²) in [6.07, 6.45) is 1.74. The molecule has 1 atom stereocenters. The third-order valence-electron chi connectivity index (χ3n) is 5.12. The molecule has 0 radical (unpaired) electrons. The lowest BCUT2D eigenvalue weighted by molar-refractivity contribution is -0.122. The first-order chi connectivity index (χ1) is 13.5. The number of likely N-dealkylation sites (tertiary alicyclic amines) is 1. The minimum atomic E-state index is -0.502. The first kappa shape index (κ1) is 19.7. The lowest BCUT2D eigenvalue weighted by Crippen LogP contribution is -2.50. The molecule has 2 amide bonds. The summed E-state index contributed by atoms with van der Waals surface area (Å²) in [5.41, 5.74) is 5.55. The summed E-state index contributed by atoms with van der Waals surface area (Å²) in [5.74, 6) is 0.785. The molecule has 1 aliphatic rings. The Kier molecular flexibility index (Phi) is 6.19. The summed E-state index contributed by atoms with van der Waals surface area (Å²) in [6, 6.07) is 16.6. The number of piperidine rings is 1. The van der Waals surface area contributed by atoms with Gasteiger partial charge in [0.25, 0.3) is 5.91 Å². The zero-order valence-electron chi connectivity index (χ0n) is 16.1. The zero-order chi connectivity index (χ0) is 20.0. The Hall–Kier alpha value is -3.02.